The first-order valence-electron chi connectivity index (χ1n) is 6.05. The van der Waals surface area contributed by atoms with Crippen molar-refractivity contribution in [2.45, 2.75) is 20.0 Å². The quantitative estimate of drug-likeness (QED) is 0.867. The highest BCUT2D eigenvalue weighted by molar-refractivity contribution is 6.20. The van der Waals surface area contributed by atoms with Gasteiger partial charge >= 0.3 is 5.97 Å². The van der Waals surface area contributed by atoms with Crippen molar-refractivity contribution < 1.29 is 28.2 Å². The standard InChI is InChI=1S/C14H14F2O4/c1-6(2)12-11(17)9(14(18)20-12)7-4-5-8(15)10(16)13(7)19-3/h4-6,12,17H,1-3H3. The molecule has 6 heteroatoms. The van der Waals surface area contributed by atoms with Crippen LogP contribution in [-0.2, 0) is 9.53 Å². The summed E-state index contributed by atoms with van der Waals surface area (Å²) in [5.74, 6) is -3.98. The fraction of sp³-hybridized carbons (Fsp3) is 0.357. The summed E-state index contributed by atoms with van der Waals surface area (Å²) in [7, 11) is 1.15. The van der Waals surface area contributed by atoms with Crippen LogP contribution in [0.15, 0.2) is 17.9 Å². The highest BCUT2D eigenvalue weighted by Crippen LogP contribution is 2.38. The lowest BCUT2D eigenvalue weighted by Gasteiger charge is -2.13. The molecule has 1 aliphatic heterocycles. The van der Waals surface area contributed by atoms with Crippen molar-refractivity contribution in [3.8, 4) is 5.75 Å². The molecule has 4 nitrogen and oxygen atoms in total. The van der Waals surface area contributed by atoms with Crippen LogP contribution in [0.5, 0.6) is 5.75 Å². The van der Waals surface area contributed by atoms with E-state index in [2.05, 4.69) is 0 Å². The minimum atomic E-state index is -1.22. The molecule has 0 saturated carbocycles. The van der Waals surface area contributed by atoms with Crippen LogP contribution in [0.1, 0.15) is 19.4 Å². The van der Waals surface area contributed by atoms with Crippen molar-refractivity contribution in [1.29, 1.82) is 0 Å². The third-order valence-electron chi connectivity index (χ3n) is 3.09. The number of halogens is 2. The van der Waals surface area contributed by atoms with Gasteiger partial charge in [0.05, 0.1) is 7.11 Å². The minimum absolute atomic E-state index is 0.0305. The maximum absolute atomic E-state index is 13.7. The number of carbonyl (C=O) groups is 1. The molecule has 0 saturated heterocycles. The summed E-state index contributed by atoms with van der Waals surface area (Å²) in [6, 6.07) is 2.04. The number of aliphatic hydroxyl groups is 1. The average molecular weight is 284 g/mol. The molecule has 1 atom stereocenters. The molecule has 0 bridgehead atoms. The van der Waals surface area contributed by atoms with Crippen molar-refractivity contribution in [3.63, 3.8) is 0 Å². The van der Waals surface area contributed by atoms with Gasteiger partial charge < -0.3 is 14.6 Å². The summed E-state index contributed by atoms with van der Waals surface area (Å²) in [5, 5.41) is 10.1. The lowest BCUT2D eigenvalue weighted by molar-refractivity contribution is -0.140. The van der Waals surface area contributed by atoms with Gasteiger partial charge in [-0.05, 0) is 18.1 Å². The lowest BCUT2D eigenvalue weighted by atomic mass is 9.99. The Labute approximate surface area is 114 Å². The van der Waals surface area contributed by atoms with Gasteiger partial charge in [0.15, 0.2) is 17.7 Å². The molecule has 1 aromatic rings. The first-order chi connectivity index (χ1) is 9.38. The number of hydrogen-bond donors (Lipinski definition) is 1. The molecule has 0 aliphatic carbocycles. The first-order valence-corrected chi connectivity index (χ1v) is 6.05. The van der Waals surface area contributed by atoms with Gasteiger partial charge in [0.1, 0.15) is 11.3 Å². The summed E-state index contributed by atoms with van der Waals surface area (Å²) in [5.41, 5.74) is -0.225. The van der Waals surface area contributed by atoms with Crippen molar-refractivity contribution in [3.05, 3.63) is 35.1 Å². The van der Waals surface area contributed by atoms with E-state index >= 15 is 0 Å². The van der Waals surface area contributed by atoms with E-state index in [0.717, 1.165) is 13.2 Å². The van der Waals surface area contributed by atoms with Gasteiger partial charge in [0.25, 0.3) is 0 Å². The molecule has 1 unspecified atom stereocenters. The molecule has 1 heterocycles. The topological polar surface area (TPSA) is 55.8 Å². The number of esters is 1. The van der Waals surface area contributed by atoms with Gasteiger partial charge in [-0.3, -0.25) is 0 Å². The van der Waals surface area contributed by atoms with E-state index in [9.17, 15) is 18.7 Å². The highest BCUT2D eigenvalue weighted by atomic mass is 19.2. The van der Waals surface area contributed by atoms with Crippen LogP contribution in [0.3, 0.4) is 0 Å². The van der Waals surface area contributed by atoms with E-state index < -0.39 is 29.5 Å². The number of ether oxygens (including phenoxy) is 2. The molecule has 20 heavy (non-hydrogen) atoms. The second-order valence-electron chi connectivity index (χ2n) is 4.77. The predicted molar refractivity (Wildman–Crippen MR) is 67.2 cm³/mol. The van der Waals surface area contributed by atoms with Crippen LogP contribution in [0.2, 0.25) is 0 Å². The smallest absolute Gasteiger partial charge is 0.343 e. The molecule has 0 aromatic heterocycles. The Balaban J connectivity index is 2.62. The molecule has 0 radical (unpaired) electrons. The van der Waals surface area contributed by atoms with Crippen molar-refractivity contribution in [2.75, 3.05) is 7.11 Å². The van der Waals surface area contributed by atoms with Crippen LogP contribution in [0.4, 0.5) is 8.78 Å². The summed E-state index contributed by atoms with van der Waals surface area (Å²) >= 11 is 0. The average Bonchev–Trinajstić information content (AvgIpc) is 2.68. The van der Waals surface area contributed by atoms with Gasteiger partial charge in [-0.25, -0.2) is 9.18 Å². The number of rotatable bonds is 3. The summed E-state index contributed by atoms with van der Waals surface area (Å²) in [6.07, 6.45) is -0.796. The summed E-state index contributed by atoms with van der Waals surface area (Å²) in [4.78, 5) is 11.9. The minimum Gasteiger partial charge on any atom is -0.507 e. The van der Waals surface area contributed by atoms with Crippen LogP contribution in [-0.4, -0.2) is 24.3 Å². The SMILES string of the molecule is COc1c(C2=C(O)C(C(C)C)OC2=O)ccc(F)c1F. The number of cyclic esters (lactones) is 1. The summed E-state index contributed by atoms with van der Waals surface area (Å²) in [6.45, 7) is 3.53. The lowest BCUT2D eigenvalue weighted by Crippen LogP contribution is -2.18. The molecule has 0 amide bonds. The largest absolute Gasteiger partial charge is 0.507 e. The highest BCUT2D eigenvalue weighted by Gasteiger charge is 2.38. The van der Waals surface area contributed by atoms with Gasteiger partial charge in [-0.1, -0.05) is 13.8 Å². The molecule has 2 rings (SSSR count). The Morgan fingerprint density at radius 1 is 1.35 bits per heavy atom. The van der Waals surface area contributed by atoms with E-state index in [1.54, 1.807) is 13.8 Å². The van der Waals surface area contributed by atoms with E-state index in [-0.39, 0.29) is 22.8 Å². The van der Waals surface area contributed by atoms with Crippen LogP contribution < -0.4 is 4.74 Å². The monoisotopic (exact) mass is 284 g/mol. The fourth-order valence-corrected chi connectivity index (χ4v) is 2.11. The maximum Gasteiger partial charge on any atom is 0.343 e. The van der Waals surface area contributed by atoms with Crippen molar-refractivity contribution in [2.24, 2.45) is 5.92 Å². The van der Waals surface area contributed by atoms with Gasteiger partial charge in [0.2, 0.25) is 5.82 Å². The zero-order chi connectivity index (χ0) is 15.0. The second kappa shape index (κ2) is 5.11. The molecule has 0 fully saturated rings. The van der Waals surface area contributed by atoms with E-state index in [4.69, 9.17) is 9.47 Å². The molecular formula is C14H14F2O4. The number of methoxy groups -OCH3 is 1. The predicted octanol–water partition coefficient (Wildman–Crippen LogP) is 2.82. The zero-order valence-electron chi connectivity index (χ0n) is 11.2. The Morgan fingerprint density at radius 2 is 2.00 bits per heavy atom. The van der Waals surface area contributed by atoms with Crippen LogP contribution >= 0.6 is 0 Å². The Hall–Kier alpha value is -2.11. The fourth-order valence-electron chi connectivity index (χ4n) is 2.11. The van der Waals surface area contributed by atoms with Gasteiger partial charge in [-0.15, -0.1) is 0 Å². The number of carbonyl (C=O) groups excluding carboxylic acids is 1. The van der Waals surface area contributed by atoms with E-state index in [1.165, 1.54) is 6.07 Å². The maximum atomic E-state index is 13.7. The third-order valence-corrected chi connectivity index (χ3v) is 3.09. The Bertz CT molecular complexity index is 593. The van der Waals surface area contributed by atoms with Gasteiger partial charge in [0, 0.05) is 5.56 Å². The number of aliphatic hydroxyl groups excluding tert-OH is 1. The zero-order valence-corrected chi connectivity index (χ0v) is 11.2. The Morgan fingerprint density at radius 3 is 2.50 bits per heavy atom. The Kier molecular flexibility index (Phi) is 3.65. The molecule has 0 spiro atoms. The molecule has 1 aliphatic rings. The summed E-state index contributed by atoms with van der Waals surface area (Å²) < 4.78 is 36.7. The molecular weight excluding hydrogens is 270 g/mol. The number of benzene rings is 1. The van der Waals surface area contributed by atoms with Crippen LogP contribution in [0, 0.1) is 17.6 Å². The van der Waals surface area contributed by atoms with E-state index in [0.29, 0.717) is 0 Å². The molecule has 1 aromatic carbocycles. The third kappa shape index (κ3) is 2.11. The van der Waals surface area contributed by atoms with Crippen LogP contribution in [0.25, 0.3) is 5.57 Å². The van der Waals surface area contributed by atoms with Crippen molar-refractivity contribution >= 4 is 11.5 Å². The first kappa shape index (κ1) is 14.3. The van der Waals surface area contributed by atoms with Crippen molar-refractivity contribution in [1.82, 2.24) is 0 Å². The molecule has 1 N–H and O–H groups in total. The molecule has 108 valence electrons. The van der Waals surface area contributed by atoms with Gasteiger partial charge in [-0.2, -0.15) is 4.39 Å². The number of hydrogen-bond acceptors (Lipinski definition) is 4. The second-order valence-corrected chi connectivity index (χ2v) is 4.77. The van der Waals surface area contributed by atoms with E-state index in [1.807, 2.05) is 0 Å². The normalized spacial score (nSPS) is 18.7.